The fourth-order valence-corrected chi connectivity index (χ4v) is 14.3. The summed E-state index contributed by atoms with van der Waals surface area (Å²) in [6.07, 6.45) is 0. The zero-order valence-corrected chi connectivity index (χ0v) is 34.2. The summed E-state index contributed by atoms with van der Waals surface area (Å²) in [5.41, 5.74) is 12.7. The number of hydrogen-bond acceptors (Lipinski definition) is 1. The first kappa shape index (κ1) is 31.8. The first-order valence-corrected chi connectivity index (χ1v) is 20.4. The Bertz CT molecular complexity index is 2990. The third-order valence-electron chi connectivity index (χ3n) is 10.1. The second kappa shape index (κ2) is 12.7. The van der Waals surface area contributed by atoms with Crippen molar-refractivity contribution in [1.82, 2.24) is 4.57 Å². The molecule has 2 nitrogen and oxygen atoms in total. The zero-order chi connectivity index (χ0) is 33.5. The van der Waals surface area contributed by atoms with Gasteiger partial charge in [0.1, 0.15) is 0 Å². The van der Waals surface area contributed by atoms with Crippen LogP contribution < -0.4 is 0 Å². The molecule has 0 spiro atoms. The molecule has 242 valence electrons. The van der Waals surface area contributed by atoms with E-state index < -0.39 is 19.8 Å². The van der Waals surface area contributed by atoms with Crippen molar-refractivity contribution < 1.29 is 35.5 Å². The van der Waals surface area contributed by atoms with Crippen molar-refractivity contribution in [1.29, 1.82) is 0 Å². The molecule has 0 unspecified atom stereocenters. The van der Waals surface area contributed by atoms with Gasteiger partial charge in [0, 0.05) is 0 Å². The van der Waals surface area contributed by atoms with Crippen LogP contribution in [0.5, 0.6) is 0 Å². The van der Waals surface area contributed by atoms with Crippen LogP contribution in [-0.4, -0.2) is 4.57 Å². The van der Waals surface area contributed by atoms with E-state index in [-0.39, 0.29) is 31.1 Å². The van der Waals surface area contributed by atoms with E-state index >= 15 is 0 Å². The summed E-state index contributed by atoms with van der Waals surface area (Å²) >= 11 is -2.06. The van der Waals surface area contributed by atoms with Gasteiger partial charge in [0.15, 0.2) is 0 Å². The molecular weight excluding hydrogens is 971 g/mol. The Balaban J connectivity index is 0.00000338. The van der Waals surface area contributed by atoms with E-state index in [9.17, 15) is 0 Å². The van der Waals surface area contributed by atoms with Gasteiger partial charge in [-0.05, 0) is 0 Å². The Kier molecular flexibility index (Phi) is 7.76. The van der Waals surface area contributed by atoms with Crippen LogP contribution in [0.25, 0.3) is 82.8 Å². The number of para-hydroxylation sites is 3. The van der Waals surface area contributed by atoms with E-state index in [4.69, 9.17) is 4.42 Å². The van der Waals surface area contributed by atoms with Crippen molar-refractivity contribution in [3.05, 3.63) is 193 Å². The Labute approximate surface area is 332 Å². The second-order valence-corrected chi connectivity index (χ2v) is 18.2. The minimum absolute atomic E-state index is 0. The van der Waals surface area contributed by atoms with Gasteiger partial charge >= 0.3 is 329 Å². The van der Waals surface area contributed by atoms with Crippen LogP contribution in [0, 0.1) is 54.0 Å². The molecule has 0 atom stereocenters. The van der Waals surface area contributed by atoms with Crippen molar-refractivity contribution in [3.8, 4) is 39.1 Å². The van der Waals surface area contributed by atoms with Crippen LogP contribution in [0.2, 0.25) is 0 Å². The molecule has 4 heteroatoms. The van der Waals surface area contributed by atoms with Crippen LogP contribution in [0.15, 0.2) is 174 Å². The fourth-order valence-electron chi connectivity index (χ4n) is 7.89. The monoisotopic (exact) mass is 999 g/mol. The Morgan fingerprint density at radius 3 is 2.15 bits per heavy atom. The third-order valence-corrected chi connectivity index (χ3v) is 16.2. The predicted octanol–water partition coefficient (Wildman–Crippen LogP) is 13.0. The van der Waals surface area contributed by atoms with Crippen molar-refractivity contribution in [3.63, 3.8) is 0 Å². The van der Waals surface area contributed by atoms with E-state index in [1.807, 2.05) is 24.3 Å². The van der Waals surface area contributed by atoms with Crippen LogP contribution in [0.4, 0.5) is 0 Å². The number of fused-ring (bicyclic) bond motifs is 9. The number of halogens is 1. The minimum atomic E-state index is -2.06. The molecule has 11 rings (SSSR count). The SMILES string of the molecule is [U+2].[c-]1ccccc1-c1[c-]ccc(-n2c3ccccc3c3cccc(-c4ccc5c(c4)I(c4ccc6oc7ccccc7c6c4)c4ccccc4-5)c32)c1. The second-order valence-electron chi connectivity index (χ2n) is 13.0. The number of nitrogens with zero attached hydrogens (tertiary/aromatic N) is 1. The van der Waals surface area contributed by atoms with Crippen LogP contribution >= 0.6 is 19.8 Å². The van der Waals surface area contributed by atoms with Gasteiger partial charge in [0.05, 0.1) is 0 Å². The van der Waals surface area contributed by atoms with Gasteiger partial charge in [-0.25, -0.2) is 0 Å². The molecule has 2 aromatic heterocycles. The summed E-state index contributed by atoms with van der Waals surface area (Å²) in [4.78, 5) is 0. The van der Waals surface area contributed by atoms with E-state index in [1.54, 1.807) is 0 Å². The molecule has 0 saturated heterocycles. The average molecular weight is 1000 g/mol. The van der Waals surface area contributed by atoms with E-state index in [0.717, 1.165) is 28.0 Å². The van der Waals surface area contributed by atoms with Crippen LogP contribution in [-0.2, 0) is 0 Å². The number of hydrogen-bond donors (Lipinski definition) is 0. The Morgan fingerprint density at radius 2 is 1.23 bits per heavy atom. The third kappa shape index (κ3) is 4.89. The van der Waals surface area contributed by atoms with Gasteiger partial charge in [-0.1, -0.05) is 0 Å². The molecule has 1 aliphatic heterocycles. The zero-order valence-electron chi connectivity index (χ0n) is 27.9. The average Bonchev–Trinajstić information content (AvgIpc) is 3.85. The molecule has 0 N–H and O–H groups in total. The number of rotatable bonds is 4. The fraction of sp³-hybridized carbons (Fsp3) is 0. The molecule has 0 bridgehead atoms. The van der Waals surface area contributed by atoms with Crippen molar-refractivity contribution in [2.75, 3.05) is 0 Å². The summed E-state index contributed by atoms with van der Waals surface area (Å²) in [5.74, 6) is 0. The molecule has 3 heterocycles. The quantitative estimate of drug-likeness (QED) is 0.127. The molecule has 8 aromatic carbocycles. The van der Waals surface area contributed by atoms with Gasteiger partial charge in [-0.15, -0.1) is 6.07 Å². The molecule has 10 aromatic rings. The van der Waals surface area contributed by atoms with Gasteiger partial charge in [0.25, 0.3) is 0 Å². The maximum absolute atomic E-state index is 6.24. The Morgan fingerprint density at radius 1 is 0.481 bits per heavy atom. The van der Waals surface area contributed by atoms with Crippen molar-refractivity contribution in [2.24, 2.45) is 0 Å². The summed E-state index contributed by atoms with van der Waals surface area (Å²) in [6.45, 7) is 0. The molecular formula is C48H28INOU. The van der Waals surface area contributed by atoms with E-state index in [2.05, 4.69) is 162 Å². The molecule has 0 radical (unpaired) electrons. The summed E-state index contributed by atoms with van der Waals surface area (Å²) in [7, 11) is 0. The van der Waals surface area contributed by atoms with Crippen LogP contribution in [0.3, 0.4) is 0 Å². The molecule has 0 amide bonds. The number of aromatic nitrogens is 1. The van der Waals surface area contributed by atoms with Gasteiger partial charge < -0.3 is 0 Å². The van der Waals surface area contributed by atoms with Crippen LogP contribution in [0.1, 0.15) is 0 Å². The molecule has 52 heavy (non-hydrogen) atoms. The van der Waals surface area contributed by atoms with Gasteiger partial charge in [-0.2, -0.15) is 0 Å². The predicted molar refractivity (Wildman–Crippen MR) is 219 cm³/mol. The summed E-state index contributed by atoms with van der Waals surface area (Å²) in [6, 6.07) is 68.6. The first-order chi connectivity index (χ1) is 25.3. The molecule has 1 aliphatic rings. The molecule has 0 aliphatic carbocycles. The number of benzene rings is 8. The normalized spacial score (nSPS) is 12.7. The van der Waals surface area contributed by atoms with E-state index in [1.165, 1.54) is 65.5 Å². The molecule has 0 fully saturated rings. The standard InChI is InChI=1S/C48H28INO.U/c1-2-12-31(13-3-1)32-14-10-15-35(28-32)50-45-22-8-5-17-39(45)41-20-11-19-36(48(41)50)33-24-26-38-37-16-4-7-21-43(37)49(44(38)29-33)34-25-27-47-42(30-34)40-18-6-9-23-46(40)51-47;/h1-12,15-30H;/q-2;+2. The summed E-state index contributed by atoms with van der Waals surface area (Å²) < 4.78 is 13.1. The van der Waals surface area contributed by atoms with E-state index in [0.29, 0.717) is 0 Å². The Hall–Kier alpha value is -4.86. The van der Waals surface area contributed by atoms with Crippen molar-refractivity contribution in [2.45, 2.75) is 0 Å². The van der Waals surface area contributed by atoms with Gasteiger partial charge in [0.2, 0.25) is 0 Å². The topological polar surface area (TPSA) is 18.1 Å². The maximum atomic E-state index is 6.24. The van der Waals surface area contributed by atoms with Crippen molar-refractivity contribution >= 4 is 63.6 Å². The van der Waals surface area contributed by atoms with Gasteiger partial charge in [-0.3, -0.25) is 0 Å². The first-order valence-electron chi connectivity index (χ1n) is 17.2. The molecule has 0 saturated carbocycles. The number of furan rings is 1. The summed E-state index contributed by atoms with van der Waals surface area (Å²) in [5, 5.41) is 4.88.